The van der Waals surface area contributed by atoms with Crippen molar-refractivity contribution in [2.24, 2.45) is 5.92 Å². The molecule has 3 aliphatic heterocycles. The molecule has 1 nitrogen and oxygen atoms in total. The molecule has 98 valence electrons. The van der Waals surface area contributed by atoms with Gasteiger partial charge in [0.25, 0.3) is 0 Å². The number of rotatable bonds is 0. The van der Waals surface area contributed by atoms with Gasteiger partial charge in [0.2, 0.25) is 0 Å². The molecule has 1 aromatic carbocycles. The van der Waals surface area contributed by atoms with Crippen LogP contribution in [0.4, 0.5) is 0 Å². The highest BCUT2D eigenvalue weighted by molar-refractivity contribution is 7.19. The molecular weight excluding hydrogens is 250 g/mol. The summed E-state index contributed by atoms with van der Waals surface area (Å²) in [6, 6.07) is 9.91. The highest BCUT2D eigenvalue weighted by Gasteiger charge is 2.44. The van der Waals surface area contributed by atoms with Crippen LogP contribution in [0.3, 0.4) is 0 Å². The maximum Gasteiger partial charge on any atom is 0.0348 e. The van der Waals surface area contributed by atoms with Gasteiger partial charge in [-0.05, 0) is 48.6 Å². The number of fused-ring (bicyclic) bond motifs is 4. The molecule has 4 bridgehead atoms. The zero-order chi connectivity index (χ0) is 12.4. The molecule has 19 heavy (non-hydrogen) atoms. The minimum absolute atomic E-state index is 0.849. The Morgan fingerprint density at radius 2 is 2.11 bits per heavy atom. The van der Waals surface area contributed by atoms with E-state index in [1.807, 2.05) is 0 Å². The molecule has 2 saturated heterocycles. The van der Waals surface area contributed by atoms with Crippen molar-refractivity contribution in [2.75, 3.05) is 13.1 Å². The second-order valence-corrected chi connectivity index (χ2v) is 7.62. The summed E-state index contributed by atoms with van der Waals surface area (Å²) in [7, 11) is 0. The maximum atomic E-state index is 2.81. The van der Waals surface area contributed by atoms with Crippen molar-refractivity contribution in [1.82, 2.24) is 4.90 Å². The number of thiophene rings is 1. The van der Waals surface area contributed by atoms with Gasteiger partial charge in [0.05, 0.1) is 0 Å². The van der Waals surface area contributed by atoms with Gasteiger partial charge in [-0.25, -0.2) is 0 Å². The second-order valence-electron chi connectivity index (χ2n) is 6.54. The Morgan fingerprint density at radius 1 is 1.16 bits per heavy atom. The normalized spacial score (nSPS) is 36.2. The third-order valence-electron chi connectivity index (χ3n) is 5.60. The smallest absolute Gasteiger partial charge is 0.0348 e. The van der Waals surface area contributed by atoms with E-state index in [2.05, 4.69) is 40.5 Å². The van der Waals surface area contributed by atoms with Gasteiger partial charge in [0.15, 0.2) is 0 Å². The number of hydrogen-bond donors (Lipinski definition) is 0. The van der Waals surface area contributed by atoms with Crippen LogP contribution in [0.1, 0.15) is 35.6 Å². The summed E-state index contributed by atoms with van der Waals surface area (Å²) in [5.41, 5.74) is 1.70. The molecule has 4 unspecified atom stereocenters. The first-order valence-electron chi connectivity index (χ1n) is 7.64. The minimum atomic E-state index is 0.849. The summed E-state index contributed by atoms with van der Waals surface area (Å²) in [5, 5.41) is 1.55. The predicted molar refractivity (Wildman–Crippen MR) is 81.0 cm³/mol. The molecule has 4 atom stereocenters. The zero-order valence-electron chi connectivity index (χ0n) is 11.1. The molecule has 1 saturated carbocycles. The first-order chi connectivity index (χ1) is 9.40. The Balaban J connectivity index is 1.73. The fraction of sp³-hybridized carbons (Fsp3) is 0.529. The van der Waals surface area contributed by atoms with Crippen LogP contribution in [-0.4, -0.2) is 24.0 Å². The van der Waals surface area contributed by atoms with E-state index in [4.69, 9.17) is 0 Å². The van der Waals surface area contributed by atoms with E-state index >= 15 is 0 Å². The van der Waals surface area contributed by atoms with Crippen molar-refractivity contribution in [1.29, 1.82) is 0 Å². The number of benzene rings is 1. The summed E-state index contributed by atoms with van der Waals surface area (Å²) in [6.45, 7) is 2.68. The van der Waals surface area contributed by atoms with E-state index in [0.29, 0.717) is 0 Å². The summed E-state index contributed by atoms with van der Waals surface area (Å²) in [4.78, 5) is 4.56. The summed E-state index contributed by atoms with van der Waals surface area (Å²) < 4.78 is 1.52. The summed E-state index contributed by atoms with van der Waals surface area (Å²) in [5.74, 6) is 1.83. The average Bonchev–Trinajstić information content (AvgIpc) is 2.79. The Hall–Kier alpha value is -0.860. The lowest BCUT2D eigenvalue weighted by molar-refractivity contribution is 0.0368. The fourth-order valence-electron chi connectivity index (χ4n) is 4.78. The molecule has 0 spiro atoms. The average molecular weight is 269 g/mol. The van der Waals surface area contributed by atoms with Crippen molar-refractivity contribution in [3.05, 3.63) is 34.7 Å². The Morgan fingerprint density at radius 3 is 3.05 bits per heavy atom. The Labute approximate surface area is 118 Å². The minimum Gasteiger partial charge on any atom is -0.299 e. The molecule has 2 heteroatoms. The van der Waals surface area contributed by atoms with Crippen molar-refractivity contribution < 1.29 is 0 Å². The zero-order valence-corrected chi connectivity index (χ0v) is 12.0. The lowest BCUT2D eigenvalue weighted by atomic mass is 9.72. The first kappa shape index (κ1) is 10.9. The maximum absolute atomic E-state index is 2.81. The number of piperidine rings is 2. The standard InChI is InChI=1S/C17H19NS/c1-2-4-16-12(3-1)13-7-8-18-10-11-5-6-15(18)14(9-11)17(13)19-16/h1-4,11,14-15H,5-10H2. The molecule has 4 aliphatic rings. The van der Waals surface area contributed by atoms with Crippen molar-refractivity contribution >= 4 is 21.4 Å². The van der Waals surface area contributed by atoms with Crippen LogP contribution in [0.5, 0.6) is 0 Å². The SMILES string of the molecule is c1ccc2c3c(sc2c1)C1CC2CCC1N(CC3)C2. The summed E-state index contributed by atoms with van der Waals surface area (Å²) in [6.07, 6.45) is 5.67. The van der Waals surface area contributed by atoms with E-state index in [1.54, 1.807) is 15.8 Å². The Bertz CT molecular complexity index is 644. The lowest BCUT2D eigenvalue weighted by Gasteiger charge is -2.48. The molecular formula is C17H19NS. The second kappa shape index (κ2) is 3.83. The van der Waals surface area contributed by atoms with Gasteiger partial charge in [0.1, 0.15) is 0 Å². The van der Waals surface area contributed by atoms with Crippen LogP contribution < -0.4 is 0 Å². The van der Waals surface area contributed by atoms with Gasteiger partial charge >= 0.3 is 0 Å². The number of hydrogen-bond acceptors (Lipinski definition) is 2. The highest BCUT2D eigenvalue weighted by atomic mass is 32.1. The third-order valence-corrected chi connectivity index (χ3v) is 6.94. The van der Waals surface area contributed by atoms with Crippen molar-refractivity contribution in [3.8, 4) is 0 Å². The third kappa shape index (κ3) is 1.45. The molecule has 3 fully saturated rings. The topological polar surface area (TPSA) is 3.24 Å². The quantitative estimate of drug-likeness (QED) is 0.698. The van der Waals surface area contributed by atoms with Crippen LogP contribution in [0.2, 0.25) is 0 Å². The molecule has 0 radical (unpaired) electrons. The van der Waals surface area contributed by atoms with E-state index in [-0.39, 0.29) is 0 Å². The molecule has 1 aromatic heterocycles. The van der Waals surface area contributed by atoms with E-state index in [9.17, 15) is 0 Å². The first-order valence-corrected chi connectivity index (χ1v) is 8.46. The lowest BCUT2D eigenvalue weighted by Crippen LogP contribution is -2.51. The van der Waals surface area contributed by atoms with Crippen LogP contribution in [0.25, 0.3) is 10.1 Å². The van der Waals surface area contributed by atoms with Crippen molar-refractivity contribution in [2.45, 2.75) is 37.6 Å². The molecule has 1 aliphatic carbocycles. The molecule has 0 amide bonds. The van der Waals surface area contributed by atoms with Gasteiger partial charge in [-0.3, -0.25) is 4.90 Å². The monoisotopic (exact) mass is 269 g/mol. The van der Waals surface area contributed by atoms with Gasteiger partial charge in [-0.15, -0.1) is 11.3 Å². The van der Waals surface area contributed by atoms with E-state index in [0.717, 1.165) is 17.9 Å². The Kier molecular flexibility index (Phi) is 2.19. The predicted octanol–water partition coefficient (Wildman–Crippen LogP) is 4.03. The molecule has 0 N–H and O–H groups in total. The molecule has 4 heterocycles. The van der Waals surface area contributed by atoms with Gasteiger partial charge in [-0.1, -0.05) is 18.2 Å². The van der Waals surface area contributed by atoms with Gasteiger partial charge in [0, 0.05) is 34.6 Å². The van der Waals surface area contributed by atoms with E-state index < -0.39 is 0 Å². The summed E-state index contributed by atoms with van der Waals surface area (Å²) >= 11 is 2.09. The van der Waals surface area contributed by atoms with Crippen molar-refractivity contribution in [3.63, 3.8) is 0 Å². The van der Waals surface area contributed by atoms with Crippen LogP contribution in [0, 0.1) is 5.92 Å². The van der Waals surface area contributed by atoms with Gasteiger partial charge < -0.3 is 0 Å². The number of nitrogens with zero attached hydrogens (tertiary/aromatic N) is 1. The highest BCUT2D eigenvalue weighted by Crippen LogP contribution is 2.50. The largest absolute Gasteiger partial charge is 0.299 e. The van der Waals surface area contributed by atoms with E-state index in [1.165, 1.54) is 43.5 Å². The van der Waals surface area contributed by atoms with Crippen LogP contribution in [0.15, 0.2) is 24.3 Å². The fourth-order valence-corrected chi connectivity index (χ4v) is 6.21. The molecule has 6 rings (SSSR count). The van der Waals surface area contributed by atoms with Crippen LogP contribution in [-0.2, 0) is 6.42 Å². The van der Waals surface area contributed by atoms with Crippen LogP contribution >= 0.6 is 11.3 Å². The molecule has 2 aromatic rings. The van der Waals surface area contributed by atoms with Gasteiger partial charge in [-0.2, -0.15) is 0 Å².